The van der Waals surface area contributed by atoms with E-state index < -0.39 is 0 Å². The lowest BCUT2D eigenvalue weighted by Crippen LogP contribution is -2.38. The number of carbonyl (C=O) groups is 1. The molecule has 0 fully saturated rings. The SMILES string of the molecule is CCCCC(C(=O)OC)N(C)Cc1ccoc1C. The van der Waals surface area contributed by atoms with Crippen molar-refractivity contribution in [2.24, 2.45) is 0 Å². The Morgan fingerprint density at radius 2 is 2.28 bits per heavy atom. The first-order valence-corrected chi connectivity index (χ1v) is 6.41. The van der Waals surface area contributed by atoms with Crippen LogP contribution in [-0.4, -0.2) is 31.1 Å². The van der Waals surface area contributed by atoms with E-state index in [1.165, 1.54) is 7.11 Å². The molecule has 0 saturated carbocycles. The highest BCUT2D eigenvalue weighted by Gasteiger charge is 2.24. The molecule has 0 aromatic carbocycles. The van der Waals surface area contributed by atoms with E-state index in [1.807, 2.05) is 24.9 Å². The average Bonchev–Trinajstić information content (AvgIpc) is 2.75. The topological polar surface area (TPSA) is 42.7 Å². The summed E-state index contributed by atoms with van der Waals surface area (Å²) in [6, 6.07) is 1.77. The van der Waals surface area contributed by atoms with Crippen LogP contribution in [0.2, 0.25) is 0 Å². The van der Waals surface area contributed by atoms with Crippen LogP contribution < -0.4 is 0 Å². The fourth-order valence-electron chi connectivity index (χ4n) is 2.01. The predicted octanol–water partition coefficient (Wildman–Crippen LogP) is 2.75. The number of nitrogens with zero attached hydrogens (tertiary/aromatic N) is 1. The van der Waals surface area contributed by atoms with Crippen LogP contribution in [0.15, 0.2) is 16.7 Å². The van der Waals surface area contributed by atoms with Crippen LogP contribution in [0.3, 0.4) is 0 Å². The van der Waals surface area contributed by atoms with E-state index >= 15 is 0 Å². The first-order valence-electron chi connectivity index (χ1n) is 6.41. The molecule has 0 aliphatic carbocycles. The lowest BCUT2D eigenvalue weighted by atomic mass is 10.1. The Labute approximate surface area is 109 Å². The van der Waals surface area contributed by atoms with E-state index in [9.17, 15) is 4.79 Å². The van der Waals surface area contributed by atoms with Gasteiger partial charge in [0.05, 0.1) is 13.4 Å². The molecule has 0 N–H and O–H groups in total. The van der Waals surface area contributed by atoms with Crippen molar-refractivity contribution in [2.75, 3.05) is 14.2 Å². The Morgan fingerprint density at radius 1 is 1.56 bits per heavy atom. The molecule has 0 bridgehead atoms. The van der Waals surface area contributed by atoms with Crippen molar-refractivity contribution in [1.29, 1.82) is 0 Å². The quantitative estimate of drug-likeness (QED) is 0.701. The number of aryl methyl sites for hydroxylation is 1. The normalized spacial score (nSPS) is 12.7. The molecule has 1 heterocycles. The molecule has 0 aliphatic heterocycles. The van der Waals surface area contributed by atoms with Crippen molar-refractivity contribution in [3.8, 4) is 0 Å². The molecule has 0 amide bonds. The summed E-state index contributed by atoms with van der Waals surface area (Å²) in [4.78, 5) is 13.8. The van der Waals surface area contributed by atoms with Gasteiger partial charge in [-0.25, -0.2) is 0 Å². The first-order chi connectivity index (χ1) is 8.60. The summed E-state index contributed by atoms with van der Waals surface area (Å²) in [5.41, 5.74) is 1.11. The minimum atomic E-state index is -0.177. The maximum atomic E-state index is 11.8. The van der Waals surface area contributed by atoms with Gasteiger partial charge in [-0.2, -0.15) is 0 Å². The Hall–Kier alpha value is -1.29. The maximum absolute atomic E-state index is 11.8. The third-order valence-corrected chi connectivity index (χ3v) is 3.22. The molecule has 4 heteroatoms. The molecule has 102 valence electrons. The zero-order valence-corrected chi connectivity index (χ0v) is 11.7. The second-order valence-corrected chi connectivity index (χ2v) is 4.60. The number of hydrogen-bond donors (Lipinski definition) is 0. The molecule has 1 atom stereocenters. The van der Waals surface area contributed by atoms with Gasteiger partial charge in [0.2, 0.25) is 0 Å². The van der Waals surface area contributed by atoms with Crippen LogP contribution in [0, 0.1) is 6.92 Å². The van der Waals surface area contributed by atoms with E-state index in [0.29, 0.717) is 6.54 Å². The Balaban J connectivity index is 2.66. The lowest BCUT2D eigenvalue weighted by Gasteiger charge is -2.25. The van der Waals surface area contributed by atoms with Crippen molar-refractivity contribution < 1.29 is 13.9 Å². The van der Waals surface area contributed by atoms with Crippen molar-refractivity contribution in [1.82, 2.24) is 4.90 Å². The average molecular weight is 253 g/mol. The zero-order valence-electron chi connectivity index (χ0n) is 11.7. The molecule has 1 rings (SSSR count). The molecule has 18 heavy (non-hydrogen) atoms. The van der Waals surface area contributed by atoms with E-state index in [1.54, 1.807) is 6.26 Å². The maximum Gasteiger partial charge on any atom is 0.323 e. The second-order valence-electron chi connectivity index (χ2n) is 4.60. The summed E-state index contributed by atoms with van der Waals surface area (Å²) in [5.74, 6) is 0.744. The molecule has 0 saturated heterocycles. The van der Waals surface area contributed by atoms with Crippen molar-refractivity contribution in [3.63, 3.8) is 0 Å². The van der Waals surface area contributed by atoms with Crippen LogP contribution >= 0.6 is 0 Å². The monoisotopic (exact) mass is 253 g/mol. The van der Waals surface area contributed by atoms with Crippen molar-refractivity contribution in [3.05, 3.63) is 23.7 Å². The van der Waals surface area contributed by atoms with Crippen molar-refractivity contribution in [2.45, 2.75) is 45.7 Å². The Morgan fingerprint density at radius 3 is 2.78 bits per heavy atom. The molecule has 1 unspecified atom stereocenters. The van der Waals surface area contributed by atoms with Gasteiger partial charge in [0, 0.05) is 12.1 Å². The van der Waals surface area contributed by atoms with Crippen LogP contribution in [0.1, 0.15) is 37.5 Å². The first kappa shape index (κ1) is 14.8. The van der Waals surface area contributed by atoms with E-state index in [2.05, 4.69) is 6.92 Å². The molecule has 1 aromatic rings. The molecular formula is C14H23NO3. The van der Waals surface area contributed by atoms with Gasteiger partial charge < -0.3 is 9.15 Å². The fraction of sp³-hybridized carbons (Fsp3) is 0.643. The number of ether oxygens (including phenoxy) is 1. The highest BCUT2D eigenvalue weighted by atomic mass is 16.5. The molecule has 1 aromatic heterocycles. The summed E-state index contributed by atoms with van der Waals surface area (Å²) in [6.07, 6.45) is 4.61. The third kappa shape index (κ3) is 3.88. The highest BCUT2D eigenvalue weighted by Crippen LogP contribution is 2.16. The van der Waals surface area contributed by atoms with Gasteiger partial charge >= 0.3 is 5.97 Å². The second kappa shape index (κ2) is 7.21. The summed E-state index contributed by atoms with van der Waals surface area (Å²) in [5, 5.41) is 0. The minimum absolute atomic E-state index is 0.160. The van der Waals surface area contributed by atoms with Gasteiger partial charge in [-0.3, -0.25) is 9.69 Å². The Kier molecular flexibility index (Phi) is 5.92. The number of likely N-dealkylation sites (N-methyl/N-ethyl adjacent to an activating group) is 1. The number of unbranched alkanes of at least 4 members (excludes halogenated alkanes) is 1. The Bertz CT molecular complexity index is 373. The van der Waals surface area contributed by atoms with Crippen LogP contribution in [0.4, 0.5) is 0 Å². The third-order valence-electron chi connectivity index (χ3n) is 3.22. The molecule has 4 nitrogen and oxygen atoms in total. The standard InChI is InChI=1S/C14H23NO3/c1-5-6-7-13(14(16)17-4)15(3)10-12-8-9-18-11(12)2/h8-9,13H,5-7,10H2,1-4H3. The highest BCUT2D eigenvalue weighted by molar-refractivity contribution is 5.75. The van der Waals surface area contributed by atoms with Crippen LogP contribution in [-0.2, 0) is 16.1 Å². The molecule has 0 radical (unpaired) electrons. The number of furan rings is 1. The molecule has 0 aliphatic rings. The number of methoxy groups -OCH3 is 1. The van der Waals surface area contributed by atoms with Gasteiger partial charge in [-0.05, 0) is 26.5 Å². The molecular weight excluding hydrogens is 230 g/mol. The van der Waals surface area contributed by atoms with E-state index in [4.69, 9.17) is 9.15 Å². The van der Waals surface area contributed by atoms with Gasteiger partial charge in [0.25, 0.3) is 0 Å². The predicted molar refractivity (Wildman–Crippen MR) is 70.2 cm³/mol. The van der Waals surface area contributed by atoms with Gasteiger partial charge in [0.1, 0.15) is 11.8 Å². The van der Waals surface area contributed by atoms with E-state index in [-0.39, 0.29) is 12.0 Å². The summed E-state index contributed by atoms with van der Waals surface area (Å²) in [7, 11) is 3.39. The summed E-state index contributed by atoms with van der Waals surface area (Å²) in [6.45, 7) is 4.75. The van der Waals surface area contributed by atoms with Crippen LogP contribution in [0.25, 0.3) is 0 Å². The zero-order chi connectivity index (χ0) is 13.5. The minimum Gasteiger partial charge on any atom is -0.469 e. The van der Waals surface area contributed by atoms with Gasteiger partial charge in [-0.15, -0.1) is 0 Å². The summed E-state index contributed by atoms with van der Waals surface area (Å²) < 4.78 is 10.1. The number of esters is 1. The fourth-order valence-corrected chi connectivity index (χ4v) is 2.01. The smallest absolute Gasteiger partial charge is 0.323 e. The van der Waals surface area contributed by atoms with E-state index in [0.717, 1.165) is 30.6 Å². The van der Waals surface area contributed by atoms with Crippen LogP contribution in [0.5, 0.6) is 0 Å². The number of carbonyl (C=O) groups excluding carboxylic acids is 1. The summed E-state index contributed by atoms with van der Waals surface area (Å²) >= 11 is 0. The number of rotatable bonds is 7. The lowest BCUT2D eigenvalue weighted by molar-refractivity contribution is -0.147. The van der Waals surface area contributed by atoms with Gasteiger partial charge in [0.15, 0.2) is 0 Å². The molecule has 0 spiro atoms. The number of hydrogen-bond acceptors (Lipinski definition) is 4. The van der Waals surface area contributed by atoms with Gasteiger partial charge in [-0.1, -0.05) is 19.8 Å². The largest absolute Gasteiger partial charge is 0.469 e. The van der Waals surface area contributed by atoms with Crippen molar-refractivity contribution >= 4 is 5.97 Å².